The summed E-state index contributed by atoms with van der Waals surface area (Å²) in [6.45, 7) is 7.82. The van der Waals surface area contributed by atoms with Crippen LogP contribution in [0.25, 0.3) is 0 Å². The van der Waals surface area contributed by atoms with Gasteiger partial charge >= 0.3 is 0 Å². The molecule has 0 unspecified atom stereocenters. The fourth-order valence-corrected chi connectivity index (χ4v) is 2.02. The van der Waals surface area contributed by atoms with Gasteiger partial charge in [-0.1, -0.05) is 23.4 Å². The minimum atomic E-state index is 0.320. The Morgan fingerprint density at radius 3 is 2.94 bits per heavy atom. The molecular weight excluding hydrogens is 250 g/mol. The molecule has 0 aliphatic heterocycles. The van der Waals surface area contributed by atoms with E-state index in [9.17, 15) is 0 Å². The molecule has 0 amide bonds. The van der Waals surface area contributed by atoms with Gasteiger partial charge in [-0.2, -0.15) is 5.10 Å². The van der Waals surface area contributed by atoms with Crippen molar-refractivity contribution in [3.05, 3.63) is 17.4 Å². The van der Waals surface area contributed by atoms with Crippen molar-refractivity contribution in [3.63, 3.8) is 0 Å². The van der Waals surface area contributed by atoms with Crippen LogP contribution in [0.15, 0.2) is 12.4 Å². The Hall–Kier alpha value is -1.47. The van der Waals surface area contributed by atoms with E-state index in [1.807, 2.05) is 10.9 Å². The van der Waals surface area contributed by atoms with Crippen molar-refractivity contribution < 1.29 is 4.74 Å². The van der Waals surface area contributed by atoms with Crippen molar-refractivity contribution >= 4 is 11.3 Å². The number of rotatable bonds is 6. The lowest BCUT2D eigenvalue weighted by molar-refractivity contribution is 0.468. The van der Waals surface area contributed by atoms with Gasteiger partial charge in [0.2, 0.25) is 0 Å². The third kappa shape index (κ3) is 3.27. The van der Waals surface area contributed by atoms with Gasteiger partial charge in [0, 0.05) is 12.6 Å². The molecule has 0 saturated carbocycles. The molecular formula is C11H17N5OS. The van der Waals surface area contributed by atoms with Gasteiger partial charge in [-0.15, -0.1) is 5.10 Å². The summed E-state index contributed by atoms with van der Waals surface area (Å²) in [6, 6.07) is 0.320. The highest BCUT2D eigenvalue weighted by molar-refractivity contribution is 7.13. The number of hydrogen-bond acceptors (Lipinski definition) is 6. The number of nitrogens with zero attached hydrogens (tertiary/aromatic N) is 4. The number of aromatic nitrogens is 4. The normalized spacial score (nSPS) is 11.1. The molecule has 0 atom stereocenters. The monoisotopic (exact) mass is 267 g/mol. The van der Waals surface area contributed by atoms with Crippen molar-refractivity contribution in [3.8, 4) is 10.9 Å². The molecule has 7 heteroatoms. The quantitative estimate of drug-likeness (QED) is 0.869. The molecule has 1 N–H and O–H groups in total. The van der Waals surface area contributed by atoms with Crippen LogP contribution in [0.5, 0.6) is 10.9 Å². The Bertz CT molecular complexity index is 493. The molecule has 2 heterocycles. The van der Waals surface area contributed by atoms with Crippen LogP contribution in [0, 0.1) is 0 Å². The molecule has 0 spiro atoms. The van der Waals surface area contributed by atoms with Crippen LogP contribution < -0.4 is 10.1 Å². The molecule has 2 aromatic heterocycles. The first-order chi connectivity index (χ1) is 8.69. The predicted molar refractivity (Wildman–Crippen MR) is 70.0 cm³/mol. The van der Waals surface area contributed by atoms with Crippen molar-refractivity contribution in [2.24, 2.45) is 0 Å². The zero-order valence-electron chi connectivity index (χ0n) is 10.8. The van der Waals surface area contributed by atoms with Crippen LogP contribution in [-0.2, 0) is 6.54 Å². The average Bonchev–Trinajstić information content (AvgIpc) is 2.96. The highest BCUT2D eigenvalue weighted by Gasteiger charge is 2.08. The van der Waals surface area contributed by atoms with E-state index in [-0.39, 0.29) is 0 Å². The highest BCUT2D eigenvalue weighted by Crippen LogP contribution is 2.24. The van der Waals surface area contributed by atoms with Crippen LogP contribution in [0.4, 0.5) is 0 Å². The van der Waals surface area contributed by atoms with Crippen molar-refractivity contribution in [2.75, 3.05) is 6.54 Å². The summed E-state index contributed by atoms with van der Waals surface area (Å²) in [6.07, 6.45) is 3.54. The van der Waals surface area contributed by atoms with E-state index < -0.39 is 0 Å². The zero-order valence-corrected chi connectivity index (χ0v) is 11.6. The van der Waals surface area contributed by atoms with Crippen LogP contribution in [0.3, 0.4) is 0 Å². The molecule has 98 valence electrons. The number of hydrogen-bond donors (Lipinski definition) is 1. The largest absolute Gasteiger partial charge is 0.426 e. The van der Waals surface area contributed by atoms with E-state index in [4.69, 9.17) is 4.74 Å². The Morgan fingerprint density at radius 1 is 1.44 bits per heavy atom. The summed E-state index contributed by atoms with van der Waals surface area (Å²) in [5.41, 5.74) is 0. The second-order valence-corrected chi connectivity index (χ2v) is 5.12. The van der Waals surface area contributed by atoms with E-state index in [0.29, 0.717) is 17.0 Å². The predicted octanol–water partition coefficient (Wildman–Crippen LogP) is 2.22. The second kappa shape index (κ2) is 5.92. The van der Waals surface area contributed by atoms with Crippen molar-refractivity contribution in [1.29, 1.82) is 0 Å². The van der Waals surface area contributed by atoms with Crippen LogP contribution in [-0.4, -0.2) is 26.5 Å². The second-order valence-electron chi connectivity index (χ2n) is 4.09. The summed E-state index contributed by atoms with van der Waals surface area (Å²) in [5, 5.41) is 16.9. The first kappa shape index (κ1) is 13.0. The van der Waals surface area contributed by atoms with Gasteiger partial charge in [0.1, 0.15) is 5.01 Å². The van der Waals surface area contributed by atoms with Gasteiger partial charge in [-0.3, -0.25) is 4.68 Å². The number of ether oxygens (including phenoxy) is 1. The SMILES string of the molecule is CCNCc1nnc(Oc2cnn(C(C)C)c2)s1. The first-order valence-corrected chi connectivity index (χ1v) is 6.75. The Morgan fingerprint density at radius 2 is 2.28 bits per heavy atom. The standard InChI is InChI=1S/C11H17N5OS/c1-4-12-6-10-14-15-11(18-10)17-9-5-13-16(7-9)8(2)3/h5,7-8,12H,4,6H2,1-3H3. The van der Waals surface area contributed by atoms with E-state index in [1.54, 1.807) is 6.20 Å². The van der Waals surface area contributed by atoms with Gasteiger partial charge in [0.15, 0.2) is 5.75 Å². The van der Waals surface area contributed by atoms with Crippen LogP contribution >= 0.6 is 11.3 Å². The van der Waals surface area contributed by atoms with Gasteiger partial charge in [0.05, 0.1) is 12.4 Å². The molecule has 0 aliphatic carbocycles. The Labute approximate surface area is 110 Å². The lowest BCUT2D eigenvalue weighted by Crippen LogP contribution is -2.11. The zero-order chi connectivity index (χ0) is 13.0. The maximum Gasteiger partial charge on any atom is 0.299 e. The van der Waals surface area contributed by atoms with Crippen molar-refractivity contribution in [2.45, 2.75) is 33.4 Å². The van der Waals surface area contributed by atoms with Gasteiger partial charge in [-0.25, -0.2) is 0 Å². The molecule has 0 fully saturated rings. The summed E-state index contributed by atoms with van der Waals surface area (Å²) >= 11 is 1.44. The lowest BCUT2D eigenvalue weighted by atomic mass is 10.4. The van der Waals surface area contributed by atoms with E-state index in [0.717, 1.165) is 18.1 Å². The third-order valence-electron chi connectivity index (χ3n) is 2.29. The minimum Gasteiger partial charge on any atom is -0.426 e. The third-order valence-corrected chi connectivity index (χ3v) is 3.09. The molecule has 0 radical (unpaired) electrons. The number of nitrogens with one attached hydrogen (secondary N) is 1. The molecule has 0 saturated heterocycles. The topological polar surface area (TPSA) is 64.9 Å². The first-order valence-electron chi connectivity index (χ1n) is 5.94. The fourth-order valence-electron chi connectivity index (χ4n) is 1.34. The minimum absolute atomic E-state index is 0.320. The summed E-state index contributed by atoms with van der Waals surface area (Å²) in [5.74, 6) is 0.690. The maximum absolute atomic E-state index is 5.60. The van der Waals surface area contributed by atoms with Crippen molar-refractivity contribution in [1.82, 2.24) is 25.3 Å². The van der Waals surface area contributed by atoms with Gasteiger partial charge in [-0.05, 0) is 20.4 Å². The molecule has 0 aromatic carbocycles. The molecule has 2 aromatic rings. The van der Waals surface area contributed by atoms with Gasteiger partial charge < -0.3 is 10.1 Å². The summed E-state index contributed by atoms with van der Waals surface area (Å²) < 4.78 is 7.45. The van der Waals surface area contributed by atoms with E-state index in [1.165, 1.54) is 11.3 Å². The Balaban J connectivity index is 1.97. The lowest BCUT2D eigenvalue weighted by Gasteiger charge is -2.02. The van der Waals surface area contributed by atoms with E-state index in [2.05, 4.69) is 41.4 Å². The maximum atomic E-state index is 5.60. The van der Waals surface area contributed by atoms with Gasteiger partial charge in [0.25, 0.3) is 5.19 Å². The molecule has 0 bridgehead atoms. The average molecular weight is 267 g/mol. The van der Waals surface area contributed by atoms with E-state index >= 15 is 0 Å². The summed E-state index contributed by atoms with van der Waals surface area (Å²) in [4.78, 5) is 0. The molecule has 6 nitrogen and oxygen atoms in total. The fraction of sp³-hybridized carbons (Fsp3) is 0.545. The summed E-state index contributed by atoms with van der Waals surface area (Å²) in [7, 11) is 0. The molecule has 2 rings (SSSR count). The van der Waals surface area contributed by atoms with Crippen LogP contribution in [0.2, 0.25) is 0 Å². The molecule has 0 aliphatic rings. The smallest absolute Gasteiger partial charge is 0.299 e. The molecule has 18 heavy (non-hydrogen) atoms. The Kier molecular flexibility index (Phi) is 4.27. The van der Waals surface area contributed by atoms with Crippen LogP contribution in [0.1, 0.15) is 31.8 Å². The highest BCUT2D eigenvalue weighted by atomic mass is 32.1.